The van der Waals surface area contributed by atoms with E-state index >= 15 is 0 Å². The maximum atomic E-state index is 2.76. The van der Waals surface area contributed by atoms with E-state index in [1.165, 1.54) is 35.5 Å². The second kappa shape index (κ2) is 6.28. The summed E-state index contributed by atoms with van der Waals surface area (Å²) in [6.45, 7) is 0. The molecule has 32 heavy (non-hydrogen) atoms. The lowest BCUT2D eigenvalue weighted by Gasteiger charge is -2.42. The molecule has 3 heterocycles. The van der Waals surface area contributed by atoms with Gasteiger partial charge in [-0.1, -0.05) is 54.7 Å². The molecule has 0 saturated heterocycles. The fourth-order valence-corrected chi connectivity index (χ4v) is 7.62. The molecular weight excluding hydrogens is 388 g/mol. The van der Waals surface area contributed by atoms with Crippen molar-refractivity contribution >= 4 is 17.8 Å². The van der Waals surface area contributed by atoms with Gasteiger partial charge in [-0.2, -0.15) is 0 Å². The fourth-order valence-electron chi connectivity index (χ4n) is 7.62. The topological polar surface area (TPSA) is 8.17 Å². The number of aromatic nitrogens is 1. The van der Waals surface area contributed by atoms with Crippen LogP contribution in [0.25, 0.3) is 17.8 Å². The highest BCUT2D eigenvalue weighted by Crippen LogP contribution is 2.56. The molecule has 0 N–H and O–H groups in total. The maximum Gasteiger partial charge on any atom is 0.0696 e. The minimum atomic E-state index is 0.460. The van der Waals surface area contributed by atoms with Crippen LogP contribution >= 0.6 is 0 Å². The van der Waals surface area contributed by atoms with Crippen LogP contribution in [0.2, 0.25) is 0 Å². The van der Waals surface area contributed by atoms with Gasteiger partial charge in [-0.05, 0) is 73.4 Å². The minimum Gasteiger partial charge on any atom is -0.335 e. The van der Waals surface area contributed by atoms with Crippen molar-refractivity contribution in [1.82, 2.24) is 4.57 Å². The van der Waals surface area contributed by atoms with E-state index in [2.05, 4.69) is 82.3 Å². The highest BCUT2D eigenvalue weighted by atomic mass is 15.2. The van der Waals surface area contributed by atoms with Crippen LogP contribution in [0, 0.1) is 11.8 Å². The summed E-state index contributed by atoms with van der Waals surface area (Å²) in [5.41, 5.74) is 12.1. The molecule has 0 spiro atoms. The Morgan fingerprint density at radius 2 is 1.66 bits per heavy atom. The molecule has 2 heteroatoms. The first-order valence-corrected chi connectivity index (χ1v) is 12.5. The number of hydrogen-bond donors (Lipinski definition) is 0. The van der Waals surface area contributed by atoms with Crippen molar-refractivity contribution in [3.63, 3.8) is 0 Å². The van der Waals surface area contributed by atoms with Crippen molar-refractivity contribution in [2.24, 2.45) is 11.8 Å². The van der Waals surface area contributed by atoms with Crippen LogP contribution < -0.4 is 4.90 Å². The molecule has 158 valence electrons. The molecule has 1 aromatic carbocycles. The van der Waals surface area contributed by atoms with E-state index in [0.717, 1.165) is 25.7 Å². The van der Waals surface area contributed by atoms with Crippen LogP contribution in [-0.4, -0.2) is 10.6 Å². The van der Waals surface area contributed by atoms with Gasteiger partial charge in [0.25, 0.3) is 0 Å². The summed E-state index contributed by atoms with van der Waals surface area (Å²) in [7, 11) is 0. The molecule has 0 amide bonds. The predicted molar refractivity (Wildman–Crippen MR) is 132 cm³/mol. The van der Waals surface area contributed by atoms with Gasteiger partial charge in [0.15, 0.2) is 0 Å². The van der Waals surface area contributed by atoms with Crippen LogP contribution in [0.1, 0.15) is 60.5 Å². The second-order valence-corrected chi connectivity index (χ2v) is 10.2. The van der Waals surface area contributed by atoms with Crippen molar-refractivity contribution in [1.29, 1.82) is 0 Å². The lowest BCUT2D eigenvalue weighted by molar-refractivity contribution is 0.452. The van der Waals surface area contributed by atoms with E-state index in [4.69, 9.17) is 0 Å². The smallest absolute Gasteiger partial charge is 0.0696 e. The standard InChI is InChI=1S/C30H28N2/c1-3-15-25-19(9-1)21-11-7-13-23-24-14-8-12-22-20-10-2-4-16-26(20)32(30(22)24)28-18-6-5-17-27(28)31(25)29(21)23/h3-8,11-12,15-19,23-25H,1-2,9-10,13-14H2. The Morgan fingerprint density at radius 3 is 2.62 bits per heavy atom. The van der Waals surface area contributed by atoms with E-state index in [-0.39, 0.29) is 0 Å². The van der Waals surface area contributed by atoms with Crippen molar-refractivity contribution < 1.29 is 0 Å². The van der Waals surface area contributed by atoms with Gasteiger partial charge in [0.05, 0.1) is 17.4 Å². The molecule has 2 nitrogen and oxygen atoms in total. The van der Waals surface area contributed by atoms with Gasteiger partial charge < -0.3 is 9.47 Å². The van der Waals surface area contributed by atoms with Gasteiger partial charge in [0.2, 0.25) is 0 Å². The number of fused-ring (bicyclic) bond motifs is 10. The third-order valence-electron chi connectivity index (χ3n) is 8.80. The zero-order valence-corrected chi connectivity index (χ0v) is 18.4. The summed E-state index contributed by atoms with van der Waals surface area (Å²) in [6, 6.07) is 9.68. The number of para-hydroxylation sites is 2. The summed E-state index contributed by atoms with van der Waals surface area (Å²) < 4.78 is 2.67. The first kappa shape index (κ1) is 17.5. The Kier molecular flexibility index (Phi) is 3.44. The molecule has 0 radical (unpaired) electrons. The van der Waals surface area contributed by atoms with Gasteiger partial charge in [-0.25, -0.2) is 0 Å². The first-order valence-electron chi connectivity index (χ1n) is 12.5. The molecule has 8 rings (SSSR count). The van der Waals surface area contributed by atoms with Crippen LogP contribution in [0.15, 0.2) is 72.0 Å². The molecule has 0 saturated carbocycles. The van der Waals surface area contributed by atoms with E-state index in [9.17, 15) is 0 Å². The molecular formula is C30H28N2. The number of allylic oxidation sites excluding steroid dienone is 6. The van der Waals surface area contributed by atoms with Gasteiger partial charge in [-0.15, -0.1) is 0 Å². The third-order valence-corrected chi connectivity index (χ3v) is 8.80. The Bertz CT molecular complexity index is 1310. The summed E-state index contributed by atoms with van der Waals surface area (Å²) in [6.07, 6.45) is 26.7. The molecule has 0 bridgehead atoms. The zero-order chi connectivity index (χ0) is 20.8. The molecule has 4 unspecified atom stereocenters. The third kappa shape index (κ3) is 2.07. The Labute approximate surface area is 189 Å². The van der Waals surface area contributed by atoms with E-state index in [1.54, 1.807) is 22.5 Å². The maximum absolute atomic E-state index is 2.76. The van der Waals surface area contributed by atoms with Crippen molar-refractivity contribution in [2.45, 2.75) is 50.5 Å². The highest BCUT2D eigenvalue weighted by molar-refractivity contribution is 5.78. The Balaban J connectivity index is 1.50. The SMILES string of the molecule is C1=Cc2c(c3c4n2-c2ccccc2N2C5=C(C=CCC5C4CC=C3)C3CCC=CC32)CC1. The molecule has 2 aliphatic heterocycles. The molecule has 0 fully saturated rings. The fraction of sp³-hybridized carbons (Fsp3) is 0.333. The number of nitrogens with zero attached hydrogens (tertiary/aromatic N) is 2. The number of rotatable bonds is 0. The van der Waals surface area contributed by atoms with Crippen molar-refractivity contribution in [3.8, 4) is 5.69 Å². The normalized spacial score (nSPS) is 30.3. The molecule has 4 aliphatic carbocycles. The molecule has 6 aliphatic rings. The highest BCUT2D eigenvalue weighted by Gasteiger charge is 2.48. The van der Waals surface area contributed by atoms with Gasteiger partial charge >= 0.3 is 0 Å². The van der Waals surface area contributed by atoms with Crippen LogP contribution in [0.3, 0.4) is 0 Å². The second-order valence-electron chi connectivity index (χ2n) is 10.2. The average Bonchev–Trinajstić information content (AvgIpc) is 3.36. The van der Waals surface area contributed by atoms with E-state index < -0.39 is 0 Å². The summed E-state index contributed by atoms with van der Waals surface area (Å²) in [4.78, 5) is 2.76. The summed E-state index contributed by atoms with van der Waals surface area (Å²) in [5.74, 6) is 1.74. The molecule has 4 atom stereocenters. The van der Waals surface area contributed by atoms with E-state index in [1.807, 2.05) is 0 Å². The zero-order valence-electron chi connectivity index (χ0n) is 18.4. The number of hydrogen-bond acceptors (Lipinski definition) is 1. The largest absolute Gasteiger partial charge is 0.335 e. The van der Waals surface area contributed by atoms with Crippen molar-refractivity contribution in [2.75, 3.05) is 4.90 Å². The number of benzene rings is 1. The van der Waals surface area contributed by atoms with Crippen molar-refractivity contribution in [3.05, 3.63) is 94.5 Å². The summed E-state index contributed by atoms with van der Waals surface area (Å²) in [5, 5.41) is 0. The minimum absolute atomic E-state index is 0.460. The Morgan fingerprint density at radius 1 is 0.781 bits per heavy atom. The van der Waals surface area contributed by atoms with Gasteiger partial charge in [0.1, 0.15) is 0 Å². The van der Waals surface area contributed by atoms with E-state index in [0.29, 0.717) is 23.8 Å². The molecule has 1 aromatic heterocycles. The molecule has 2 aromatic rings. The average molecular weight is 417 g/mol. The predicted octanol–water partition coefficient (Wildman–Crippen LogP) is 6.94. The quantitative estimate of drug-likeness (QED) is 0.423. The van der Waals surface area contributed by atoms with Gasteiger partial charge in [-0.3, -0.25) is 0 Å². The van der Waals surface area contributed by atoms with Gasteiger partial charge in [0, 0.05) is 34.8 Å². The first-order chi connectivity index (χ1) is 15.9. The van der Waals surface area contributed by atoms with Crippen LogP contribution in [0.5, 0.6) is 0 Å². The summed E-state index contributed by atoms with van der Waals surface area (Å²) >= 11 is 0. The lowest BCUT2D eigenvalue weighted by Crippen LogP contribution is -2.38. The monoisotopic (exact) mass is 416 g/mol. The van der Waals surface area contributed by atoms with Crippen LogP contribution in [-0.2, 0) is 6.42 Å². The number of anilines is 1. The van der Waals surface area contributed by atoms with Crippen LogP contribution in [0.4, 0.5) is 5.69 Å². The lowest BCUT2D eigenvalue weighted by atomic mass is 9.74. The Hall–Kier alpha value is -3.00.